The molecule has 84 valence electrons. The van der Waals surface area contributed by atoms with E-state index in [1.165, 1.54) is 0 Å². The van der Waals surface area contributed by atoms with Crippen molar-refractivity contribution in [2.75, 3.05) is 0 Å². The first-order valence-electron chi connectivity index (χ1n) is 5.09. The Labute approximate surface area is 104 Å². The normalized spacial score (nSPS) is 10.4. The minimum atomic E-state index is 0.497. The van der Waals surface area contributed by atoms with Gasteiger partial charge in [-0.15, -0.1) is 11.3 Å². The second-order valence-electron chi connectivity index (χ2n) is 3.33. The highest BCUT2D eigenvalue weighted by molar-refractivity contribution is 7.09. The van der Waals surface area contributed by atoms with E-state index in [4.69, 9.17) is 16.3 Å². The first-order valence-corrected chi connectivity index (χ1v) is 6.35. The van der Waals surface area contributed by atoms with E-state index in [0.717, 1.165) is 22.9 Å². The van der Waals surface area contributed by atoms with Crippen LogP contribution in [-0.4, -0.2) is 4.98 Å². The molecule has 0 aliphatic heterocycles. The molecule has 0 fully saturated rings. The SMILES string of the molecule is CCc1nc(COc2cccc(Cl)c2)cs1. The fraction of sp³-hybridized carbons (Fsp3) is 0.250. The fourth-order valence-electron chi connectivity index (χ4n) is 1.29. The van der Waals surface area contributed by atoms with Crippen LogP contribution in [-0.2, 0) is 13.0 Å². The molecule has 1 heterocycles. The molecule has 0 saturated heterocycles. The summed E-state index contributed by atoms with van der Waals surface area (Å²) in [7, 11) is 0. The average molecular weight is 254 g/mol. The van der Waals surface area contributed by atoms with E-state index in [-0.39, 0.29) is 0 Å². The molecule has 2 nitrogen and oxygen atoms in total. The number of thiazole rings is 1. The Kier molecular flexibility index (Phi) is 3.80. The average Bonchev–Trinajstić information content (AvgIpc) is 2.74. The van der Waals surface area contributed by atoms with E-state index in [2.05, 4.69) is 11.9 Å². The molecule has 1 aromatic heterocycles. The third-order valence-corrected chi connectivity index (χ3v) is 3.36. The van der Waals surface area contributed by atoms with Crippen LogP contribution in [0.5, 0.6) is 5.75 Å². The minimum absolute atomic E-state index is 0.497. The van der Waals surface area contributed by atoms with E-state index in [9.17, 15) is 0 Å². The molecule has 1 aromatic carbocycles. The monoisotopic (exact) mass is 253 g/mol. The molecule has 0 radical (unpaired) electrons. The van der Waals surface area contributed by atoms with Crippen LogP contribution < -0.4 is 4.74 Å². The highest BCUT2D eigenvalue weighted by Gasteiger charge is 2.01. The van der Waals surface area contributed by atoms with Gasteiger partial charge >= 0.3 is 0 Å². The lowest BCUT2D eigenvalue weighted by Gasteiger charge is -2.03. The Morgan fingerprint density at radius 3 is 3.00 bits per heavy atom. The smallest absolute Gasteiger partial charge is 0.131 e. The molecule has 0 atom stereocenters. The number of ether oxygens (including phenoxy) is 1. The lowest BCUT2D eigenvalue weighted by atomic mass is 10.3. The second-order valence-corrected chi connectivity index (χ2v) is 4.71. The summed E-state index contributed by atoms with van der Waals surface area (Å²) in [4.78, 5) is 4.43. The summed E-state index contributed by atoms with van der Waals surface area (Å²) in [5.74, 6) is 0.776. The maximum Gasteiger partial charge on any atom is 0.131 e. The number of aromatic nitrogens is 1. The Bertz CT molecular complexity index is 470. The minimum Gasteiger partial charge on any atom is -0.487 e. The Morgan fingerprint density at radius 2 is 2.31 bits per heavy atom. The highest BCUT2D eigenvalue weighted by atomic mass is 35.5. The van der Waals surface area contributed by atoms with Gasteiger partial charge in [0.15, 0.2) is 0 Å². The fourth-order valence-corrected chi connectivity index (χ4v) is 2.20. The van der Waals surface area contributed by atoms with Crippen LogP contribution in [0, 0.1) is 0 Å². The lowest BCUT2D eigenvalue weighted by molar-refractivity contribution is 0.302. The van der Waals surface area contributed by atoms with Crippen LogP contribution in [0.4, 0.5) is 0 Å². The number of rotatable bonds is 4. The summed E-state index contributed by atoms with van der Waals surface area (Å²) >= 11 is 7.53. The van der Waals surface area contributed by atoms with Gasteiger partial charge in [-0.05, 0) is 24.6 Å². The van der Waals surface area contributed by atoms with E-state index >= 15 is 0 Å². The summed E-state index contributed by atoms with van der Waals surface area (Å²) in [5, 5.41) is 3.86. The van der Waals surface area contributed by atoms with Gasteiger partial charge in [0.25, 0.3) is 0 Å². The number of benzene rings is 1. The predicted octanol–water partition coefficient (Wildman–Crippen LogP) is 3.94. The molecule has 2 rings (SSSR count). The first-order chi connectivity index (χ1) is 7.78. The molecule has 2 aromatic rings. The molecule has 0 saturated carbocycles. The van der Waals surface area contributed by atoms with Gasteiger partial charge in [-0.2, -0.15) is 0 Å². The van der Waals surface area contributed by atoms with E-state index < -0.39 is 0 Å². The van der Waals surface area contributed by atoms with Crippen molar-refractivity contribution in [3.05, 3.63) is 45.4 Å². The molecule has 0 aliphatic rings. The standard InChI is InChI=1S/C12H12ClNOS/c1-2-12-14-10(8-16-12)7-15-11-5-3-4-9(13)6-11/h3-6,8H,2,7H2,1H3. The molecule has 0 spiro atoms. The first kappa shape index (κ1) is 11.4. The molecule has 16 heavy (non-hydrogen) atoms. The third kappa shape index (κ3) is 2.97. The van der Waals surface area contributed by atoms with E-state index in [1.54, 1.807) is 17.4 Å². The van der Waals surface area contributed by atoms with Crippen molar-refractivity contribution in [2.45, 2.75) is 20.0 Å². The van der Waals surface area contributed by atoms with Crippen LogP contribution in [0.1, 0.15) is 17.6 Å². The zero-order chi connectivity index (χ0) is 11.4. The molecule has 0 amide bonds. The lowest BCUT2D eigenvalue weighted by Crippen LogP contribution is -1.95. The molecular weight excluding hydrogens is 242 g/mol. The van der Waals surface area contributed by atoms with Crippen molar-refractivity contribution in [1.82, 2.24) is 4.98 Å². The summed E-state index contributed by atoms with van der Waals surface area (Å²) in [6.45, 7) is 2.59. The maximum absolute atomic E-state index is 5.86. The van der Waals surface area contributed by atoms with Crippen molar-refractivity contribution in [1.29, 1.82) is 0 Å². The predicted molar refractivity (Wildman–Crippen MR) is 67.3 cm³/mol. The van der Waals surface area contributed by atoms with Gasteiger partial charge in [0.1, 0.15) is 12.4 Å². The van der Waals surface area contributed by atoms with Gasteiger partial charge in [-0.1, -0.05) is 24.6 Å². The molecule has 0 aliphatic carbocycles. The van der Waals surface area contributed by atoms with Crippen LogP contribution in [0.3, 0.4) is 0 Å². The maximum atomic E-state index is 5.86. The van der Waals surface area contributed by atoms with Gasteiger partial charge in [0.05, 0.1) is 10.7 Å². The highest BCUT2D eigenvalue weighted by Crippen LogP contribution is 2.19. The summed E-state index contributed by atoms with van der Waals surface area (Å²) < 4.78 is 5.59. The van der Waals surface area contributed by atoms with E-state index in [1.807, 2.05) is 23.6 Å². The third-order valence-electron chi connectivity index (χ3n) is 2.08. The van der Waals surface area contributed by atoms with Crippen LogP contribution in [0.2, 0.25) is 5.02 Å². The molecule has 0 N–H and O–H groups in total. The number of aryl methyl sites for hydroxylation is 1. The van der Waals surface area contributed by atoms with Crippen LogP contribution in [0.25, 0.3) is 0 Å². The van der Waals surface area contributed by atoms with Crippen molar-refractivity contribution in [3.8, 4) is 5.75 Å². The zero-order valence-corrected chi connectivity index (χ0v) is 10.5. The van der Waals surface area contributed by atoms with Crippen LogP contribution in [0.15, 0.2) is 29.6 Å². The van der Waals surface area contributed by atoms with Gasteiger partial charge in [-0.25, -0.2) is 4.98 Å². The molecule has 0 unspecified atom stereocenters. The summed E-state index contributed by atoms with van der Waals surface area (Å²) in [6, 6.07) is 7.39. The largest absolute Gasteiger partial charge is 0.487 e. The number of nitrogens with zero attached hydrogens (tertiary/aromatic N) is 1. The van der Waals surface area contributed by atoms with Gasteiger partial charge in [0, 0.05) is 10.4 Å². The summed E-state index contributed by atoms with van der Waals surface area (Å²) in [5.41, 5.74) is 0.974. The van der Waals surface area contributed by atoms with E-state index in [0.29, 0.717) is 11.6 Å². The Hall–Kier alpha value is -1.06. The topological polar surface area (TPSA) is 22.1 Å². The van der Waals surface area contributed by atoms with Crippen LogP contribution >= 0.6 is 22.9 Å². The molecular formula is C12H12ClNOS. The zero-order valence-electron chi connectivity index (χ0n) is 8.94. The van der Waals surface area contributed by atoms with Crippen molar-refractivity contribution < 1.29 is 4.74 Å². The molecule has 4 heteroatoms. The number of halogens is 1. The van der Waals surface area contributed by atoms with Gasteiger partial charge in [0.2, 0.25) is 0 Å². The van der Waals surface area contributed by atoms with Crippen molar-refractivity contribution in [3.63, 3.8) is 0 Å². The molecule has 0 bridgehead atoms. The van der Waals surface area contributed by atoms with Crippen molar-refractivity contribution >= 4 is 22.9 Å². The van der Waals surface area contributed by atoms with Gasteiger partial charge < -0.3 is 4.74 Å². The summed E-state index contributed by atoms with van der Waals surface area (Å²) in [6.07, 6.45) is 0.974. The Morgan fingerprint density at radius 1 is 1.44 bits per heavy atom. The second kappa shape index (κ2) is 5.32. The van der Waals surface area contributed by atoms with Crippen molar-refractivity contribution in [2.24, 2.45) is 0 Å². The number of hydrogen-bond donors (Lipinski definition) is 0. The Balaban J connectivity index is 1.96. The quantitative estimate of drug-likeness (QED) is 0.824. The van der Waals surface area contributed by atoms with Gasteiger partial charge in [-0.3, -0.25) is 0 Å². The number of hydrogen-bond acceptors (Lipinski definition) is 3.